The van der Waals surface area contributed by atoms with Crippen molar-refractivity contribution in [1.29, 1.82) is 0 Å². The van der Waals surface area contributed by atoms with Crippen LogP contribution in [0.2, 0.25) is 0 Å². The van der Waals surface area contributed by atoms with Crippen LogP contribution in [-0.2, 0) is 4.74 Å². The SMILES string of the molecule is COC(C)(C)C#CC(C)(O)C1CC1. The van der Waals surface area contributed by atoms with Gasteiger partial charge in [-0.3, -0.25) is 0 Å². The van der Waals surface area contributed by atoms with Gasteiger partial charge in [0.1, 0.15) is 11.2 Å². The summed E-state index contributed by atoms with van der Waals surface area (Å²) < 4.78 is 5.15. The zero-order valence-electron chi connectivity index (χ0n) is 8.85. The van der Waals surface area contributed by atoms with Gasteiger partial charge in [0.25, 0.3) is 0 Å². The van der Waals surface area contributed by atoms with Crippen LogP contribution in [0.4, 0.5) is 0 Å². The van der Waals surface area contributed by atoms with Crippen LogP contribution in [0.25, 0.3) is 0 Å². The second kappa shape index (κ2) is 3.32. The van der Waals surface area contributed by atoms with Gasteiger partial charge in [-0.05, 0) is 39.5 Å². The monoisotopic (exact) mass is 182 g/mol. The molecule has 2 nitrogen and oxygen atoms in total. The van der Waals surface area contributed by atoms with E-state index in [0.29, 0.717) is 5.92 Å². The fraction of sp³-hybridized carbons (Fsp3) is 0.818. The number of methoxy groups -OCH3 is 1. The quantitative estimate of drug-likeness (QED) is 0.657. The second-order valence-corrected chi connectivity index (χ2v) is 4.39. The molecule has 1 unspecified atom stereocenters. The van der Waals surface area contributed by atoms with E-state index in [2.05, 4.69) is 11.8 Å². The Labute approximate surface area is 80.3 Å². The molecule has 1 aliphatic carbocycles. The highest BCUT2D eigenvalue weighted by atomic mass is 16.5. The van der Waals surface area contributed by atoms with E-state index in [4.69, 9.17) is 4.74 Å². The van der Waals surface area contributed by atoms with E-state index >= 15 is 0 Å². The molecule has 0 aromatic carbocycles. The Balaban J connectivity index is 2.64. The first-order chi connectivity index (χ1) is 5.87. The maximum Gasteiger partial charge on any atom is 0.125 e. The van der Waals surface area contributed by atoms with Crippen LogP contribution in [0.3, 0.4) is 0 Å². The number of rotatable bonds is 2. The van der Waals surface area contributed by atoms with Crippen LogP contribution in [0.15, 0.2) is 0 Å². The predicted octanol–water partition coefficient (Wildman–Crippen LogP) is 1.58. The fourth-order valence-corrected chi connectivity index (χ4v) is 1.08. The molecule has 1 N–H and O–H groups in total. The maximum absolute atomic E-state index is 9.88. The van der Waals surface area contributed by atoms with E-state index < -0.39 is 11.2 Å². The van der Waals surface area contributed by atoms with Gasteiger partial charge in [-0.2, -0.15) is 0 Å². The van der Waals surface area contributed by atoms with Crippen molar-refractivity contribution in [3.05, 3.63) is 0 Å². The lowest BCUT2D eigenvalue weighted by Crippen LogP contribution is -2.27. The van der Waals surface area contributed by atoms with Crippen molar-refractivity contribution in [2.24, 2.45) is 5.92 Å². The summed E-state index contributed by atoms with van der Waals surface area (Å²) in [6, 6.07) is 0. The van der Waals surface area contributed by atoms with Crippen LogP contribution in [0.5, 0.6) is 0 Å². The van der Waals surface area contributed by atoms with Crippen molar-refractivity contribution in [3.63, 3.8) is 0 Å². The predicted molar refractivity (Wildman–Crippen MR) is 52.2 cm³/mol. The summed E-state index contributed by atoms with van der Waals surface area (Å²) in [5.74, 6) is 6.21. The third-order valence-corrected chi connectivity index (χ3v) is 2.50. The molecule has 2 heteroatoms. The lowest BCUT2D eigenvalue weighted by atomic mass is 9.99. The van der Waals surface area contributed by atoms with Gasteiger partial charge < -0.3 is 9.84 Å². The Bertz CT molecular complexity index is 239. The van der Waals surface area contributed by atoms with E-state index in [1.54, 1.807) is 14.0 Å². The average Bonchev–Trinajstić information content (AvgIpc) is 2.84. The number of hydrogen-bond acceptors (Lipinski definition) is 2. The molecule has 1 saturated carbocycles. The first kappa shape index (κ1) is 10.6. The van der Waals surface area contributed by atoms with Gasteiger partial charge in [0.15, 0.2) is 0 Å². The van der Waals surface area contributed by atoms with Crippen molar-refractivity contribution in [2.45, 2.75) is 44.8 Å². The Kier molecular flexibility index (Phi) is 2.70. The zero-order valence-corrected chi connectivity index (χ0v) is 8.85. The Hall–Kier alpha value is -0.520. The van der Waals surface area contributed by atoms with Crippen LogP contribution in [-0.4, -0.2) is 23.4 Å². The summed E-state index contributed by atoms with van der Waals surface area (Å²) >= 11 is 0. The van der Waals surface area contributed by atoms with Crippen LogP contribution >= 0.6 is 0 Å². The summed E-state index contributed by atoms with van der Waals surface area (Å²) in [5.41, 5.74) is -1.28. The molecule has 0 aromatic heterocycles. The lowest BCUT2D eigenvalue weighted by Gasteiger charge is -2.18. The molecule has 0 spiro atoms. The van der Waals surface area contributed by atoms with Gasteiger partial charge in [0.05, 0.1) is 0 Å². The largest absolute Gasteiger partial charge is 0.378 e. The molecular weight excluding hydrogens is 164 g/mol. The van der Waals surface area contributed by atoms with E-state index in [-0.39, 0.29) is 0 Å². The van der Waals surface area contributed by atoms with Gasteiger partial charge in [-0.1, -0.05) is 11.8 Å². The number of hydrogen-bond donors (Lipinski definition) is 1. The summed E-state index contributed by atoms with van der Waals surface area (Å²) in [5, 5.41) is 9.88. The van der Waals surface area contributed by atoms with Gasteiger partial charge in [0, 0.05) is 7.11 Å². The normalized spacial score (nSPS) is 21.6. The first-order valence-corrected chi connectivity index (χ1v) is 4.69. The topological polar surface area (TPSA) is 29.5 Å². The van der Waals surface area contributed by atoms with Crippen molar-refractivity contribution in [1.82, 2.24) is 0 Å². The molecular formula is C11H18O2. The highest BCUT2D eigenvalue weighted by molar-refractivity contribution is 5.21. The minimum atomic E-state index is -0.824. The molecule has 0 aromatic rings. The molecule has 1 atom stereocenters. The summed E-state index contributed by atoms with van der Waals surface area (Å²) in [4.78, 5) is 0. The molecule has 0 amide bonds. The molecule has 13 heavy (non-hydrogen) atoms. The van der Waals surface area contributed by atoms with Gasteiger partial charge in [-0.15, -0.1) is 0 Å². The third kappa shape index (κ3) is 3.02. The number of aliphatic hydroxyl groups is 1. The molecule has 0 bridgehead atoms. The lowest BCUT2D eigenvalue weighted by molar-refractivity contribution is 0.0700. The standard InChI is InChI=1S/C11H18O2/c1-10(2,13-4)7-8-11(3,12)9-5-6-9/h9,12H,5-6H2,1-4H3. The average molecular weight is 182 g/mol. The Morgan fingerprint density at radius 1 is 1.23 bits per heavy atom. The zero-order chi connectivity index (χ0) is 10.1. The molecule has 0 radical (unpaired) electrons. The van der Waals surface area contributed by atoms with Gasteiger partial charge >= 0.3 is 0 Å². The summed E-state index contributed by atoms with van der Waals surface area (Å²) in [6.45, 7) is 5.56. The van der Waals surface area contributed by atoms with Gasteiger partial charge in [0.2, 0.25) is 0 Å². The Morgan fingerprint density at radius 3 is 2.15 bits per heavy atom. The minimum absolute atomic E-state index is 0.368. The second-order valence-electron chi connectivity index (χ2n) is 4.39. The number of ether oxygens (including phenoxy) is 1. The van der Waals surface area contributed by atoms with Crippen molar-refractivity contribution >= 4 is 0 Å². The van der Waals surface area contributed by atoms with E-state index in [1.807, 2.05) is 13.8 Å². The molecule has 1 aliphatic rings. The highest BCUT2D eigenvalue weighted by Gasteiger charge is 2.38. The molecule has 1 rings (SSSR count). The maximum atomic E-state index is 9.88. The smallest absolute Gasteiger partial charge is 0.125 e. The van der Waals surface area contributed by atoms with E-state index in [1.165, 1.54) is 0 Å². The molecule has 0 saturated heterocycles. The van der Waals surface area contributed by atoms with E-state index in [0.717, 1.165) is 12.8 Å². The van der Waals surface area contributed by atoms with Crippen molar-refractivity contribution in [2.75, 3.05) is 7.11 Å². The summed E-state index contributed by atoms with van der Waals surface area (Å²) in [7, 11) is 1.63. The third-order valence-electron chi connectivity index (χ3n) is 2.50. The fourth-order valence-electron chi connectivity index (χ4n) is 1.08. The molecule has 1 fully saturated rings. The highest BCUT2D eigenvalue weighted by Crippen LogP contribution is 2.39. The van der Waals surface area contributed by atoms with Crippen LogP contribution < -0.4 is 0 Å². The summed E-state index contributed by atoms with van der Waals surface area (Å²) in [6.07, 6.45) is 2.18. The molecule has 0 heterocycles. The molecule has 0 aliphatic heterocycles. The molecule has 74 valence electrons. The van der Waals surface area contributed by atoms with Crippen molar-refractivity contribution < 1.29 is 9.84 Å². The minimum Gasteiger partial charge on any atom is -0.378 e. The first-order valence-electron chi connectivity index (χ1n) is 4.69. The Morgan fingerprint density at radius 2 is 1.77 bits per heavy atom. The van der Waals surface area contributed by atoms with Gasteiger partial charge in [-0.25, -0.2) is 0 Å². The van der Waals surface area contributed by atoms with Crippen LogP contribution in [0, 0.1) is 17.8 Å². The van der Waals surface area contributed by atoms with Crippen molar-refractivity contribution in [3.8, 4) is 11.8 Å². The van der Waals surface area contributed by atoms with E-state index in [9.17, 15) is 5.11 Å². The van der Waals surface area contributed by atoms with Crippen LogP contribution in [0.1, 0.15) is 33.6 Å².